The number of halogens is 1. The molecule has 0 atom stereocenters. The molecule has 0 radical (unpaired) electrons. The molecule has 1 aliphatic heterocycles. The van der Waals surface area contributed by atoms with E-state index in [1.165, 1.54) is 6.07 Å². The van der Waals surface area contributed by atoms with E-state index in [4.69, 9.17) is 5.11 Å². The van der Waals surface area contributed by atoms with Crippen LogP contribution in [0.1, 0.15) is 30.4 Å². The minimum atomic E-state index is -0.244. The summed E-state index contributed by atoms with van der Waals surface area (Å²) in [4.78, 5) is 2.16. The maximum atomic E-state index is 14.0. The van der Waals surface area contributed by atoms with Gasteiger partial charge in [0.1, 0.15) is 5.82 Å². The molecule has 2 rings (SSSR count). The van der Waals surface area contributed by atoms with Crippen LogP contribution >= 0.6 is 0 Å². The third-order valence-corrected chi connectivity index (χ3v) is 3.47. The van der Waals surface area contributed by atoms with Gasteiger partial charge in [0.2, 0.25) is 0 Å². The Morgan fingerprint density at radius 1 is 1.30 bits per heavy atom. The van der Waals surface area contributed by atoms with E-state index in [1.54, 1.807) is 6.07 Å². The predicted octanol–water partition coefficient (Wildman–Crippen LogP) is 1.52. The second kappa shape index (κ2) is 7.39. The fourth-order valence-electron chi connectivity index (χ4n) is 2.29. The van der Waals surface area contributed by atoms with Crippen molar-refractivity contribution >= 4 is 0 Å². The second-order valence-electron chi connectivity index (χ2n) is 5.09. The van der Waals surface area contributed by atoms with E-state index in [1.807, 2.05) is 6.07 Å². The Kier molecular flexibility index (Phi) is 5.54. The highest BCUT2D eigenvalue weighted by Gasteiger charge is 2.17. The van der Waals surface area contributed by atoms with Crippen LogP contribution in [0.25, 0.3) is 0 Å². The molecule has 20 heavy (non-hydrogen) atoms. The van der Waals surface area contributed by atoms with Gasteiger partial charge in [-0.25, -0.2) is 4.39 Å². The van der Waals surface area contributed by atoms with E-state index in [2.05, 4.69) is 16.7 Å². The molecule has 1 saturated heterocycles. The maximum absolute atomic E-state index is 14.0. The quantitative estimate of drug-likeness (QED) is 0.823. The highest BCUT2D eigenvalue weighted by atomic mass is 19.1. The predicted molar refractivity (Wildman–Crippen MR) is 75.5 cm³/mol. The van der Waals surface area contributed by atoms with Crippen LogP contribution in [0.15, 0.2) is 18.2 Å². The van der Waals surface area contributed by atoms with Crippen molar-refractivity contribution < 1.29 is 14.6 Å². The first kappa shape index (κ1) is 15.0. The van der Waals surface area contributed by atoms with Crippen molar-refractivity contribution in [2.75, 3.05) is 19.7 Å². The van der Waals surface area contributed by atoms with Crippen LogP contribution in [0.5, 0.6) is 0 Å². The van der Waals surface area contributed by atoms with Crippen LogP contribution in [-0.4, -0.2) is 40.9 Å². The Morgan fingerprint density at radius 3 is 2.70 bits per heavy atom. The lowest BCUT2D eigenvalue weighted by Crippen LogP contribution is -2.35. The SMILES string of the molecule is OCCC#Cc1ccc(CN2CCC(O)CC2)c(F)c1. The smallest absolute Gasteiger partial charge is 0.128 e. The number of aliphatic hydroxyl groups excluding tert-OH is 2. The molecule has 2 N–H and O–H groups in total. The normalized spacial score (nSPS) is 16.8. The first-order chi connectivity index (χ1) is 9.69. The molecular formula is C16H20FNO2. The van der Waals surface area contributed by atoms with Gasteiger partial charge in [0.25, 0.3) is 0 Å². The fraction of sp³-hybridized carbons (Fsp3) is 0.500. The zero-order chi connectivity index (χ0) is 14.4. The van der Waals surface area contributed by atoms with E-state index < -0.39 is 0 Å². The average molecular weight is 277 g/mol. The van der Waals surface area contributed by atoms with Gasteiger partial charge < -0.3 is 10.2 Å². The van der Waals surface area contributed by atoms with Crippen LogP contribution in [0.3, 0.4) is 0 Å². The Labute approximate surface area is 119 Å². The third-order valence-electron chi connectivity index (χ3n) is 3.47. The number of likely N-dealkylation sites (tertiary alicyclic amines) is 1. The van der Waals surface area contributed by atoms with Crippen molar-refractivity contribution in [3.63, 3.8) is 0 Å². The molecular weight excluding hydrogens is 257 g/mol. The number of nitrogens with zero attached hydrogens (tertiary/aromatic N) is 1. The fourth-order valence-corrected chi connectivity index (χ4v) is 2.29. The van der Waals surface area contributed by atoms with Crippen LogP contribution in [-0.2, 0) is 6.54 Å². The molecule has 1 aliphatic rings. The van der Waals surface area contributed by atoms with Crippen LogP contribution in [0.4, 0.5) is 4.39 Å². The van der Waals surface area contributed by atoms with Gasteiger partial charge in [0, 0.05) is 37.2 Å². The van der Waals surface area contributed by atoms with Crippen molar-refractivity contribution in [3.05, 3.63) is 35.1 Å². The number of piperidine rings is 1. The van der Waals surface area contributed by atoms with Crippen LogP contribution < -0.4 is 0 Å². The molecule has 1 aromatic carbocycles. The van der Waals surface area contributed by atoms with E-state index >= 15 is 0 Å². The van der Waals surface area contributed by atoms with Gasteiger partial charge in [-0.3, -0.25) is 4.90 Å². The summed E-state index contributed by atoms with van der Waals surface area (Å²) >= 11 is 0. The summed E-state index contributed by atoms with van der Waals surface area (Å²) in [5.41, 5.74) is 1.29. The minimum Gasteiger partial charge on any atom is -0.395 e. The number of aliphatic hydroxyl groups is 2. The maximum Gasteiger partial charge on any atom is 0.128 e. The van der Waals surface area contributed by atoms with Gasteiger partial charge in [-0.2, -0.15) is 0 Å². The Bertz CT molecular complexity index is 499. The molecule has 0 bridgehead atoms. The number of hydrogen-bond acceptors (Lipinski definition) is 3. The summed E-state index contributed by atoms with van der Waals surface area (Å²) in [6.45, 7) is 2.20. The molecule has 108 valence electrons. The van der Waals surface area contributed by atoms with Crippen molar-refractivity contribution in [1.29, 1.82) is 0 Å². The highest BCUT2D eigenvalue weighted by molar-refractivity contribution is 5.37. The van der Waals surface area contributed by atoms with E-state index in [9.17, 15) is 9.50 Å². The molecule has 4 heteroatoms. The van der Waals surface area contributed by atoms with Gasteiger partial charge in [-0.05, 0) is 25.0 Å². The molecule has 1 aromatic rings. The highest BCUT2D eigenvalue weighted by Crippen LogP contribution is 2.16. The van der Waals surface area contributed by atoms with E-state index in [-0.39, 0.29) is 18.5 Å². The van der Waals surface area contributed by atoms with Gasteiger partial charge >= 0.3 is 0 Å². The zero-order valence-electron chi connectivity index (χ0n) is 11.5. The van der Waals surface area contributed by atoms with Gasteiger partial charge in [0.15, 0.2) is 0 Å². The van der Waals surface area contributed by atoms with Gasteiger partial charge in [-0.1, -0.05) is 17.9 Å². The molecule has 0 aliphatic carbocycles. The Balaban J connectivity index is 1.98. The molecule has 0 spiro atoms. The number of benzene rings is 1. The largest absolute Gasteiger partial charge is 0.395 e. The summed E-state index contributed by atoms with van der Waals surface area (Å²) in [6.07, 6.45) is 1.71. The van der Waals surface area contributed by atoms with Gasteiger partial charge in [-0.15, -0.1) is 0 Å². The zero-order valence-corrected chi connectivity index (χ0v) is 11.5. The average Bonchev–Trinajstić information content (AvgIpc) is 2.44. The van der Waals surface area contributed by atoms with Crippen molar-refractivity contribution in [2.45, 2.75) is 31.9 Å². The standard InChI is InChI=1S/C16H20FNO2/c17-16-11-13(3-1-2-10-19)4-5-14(16)12-18-8-6-15(20)7-9-18/h4-5,11,15,19-20H,2,6-10,12H2. The summed E-state index contributed by atoms with van der Waals surface area (Å²) in [5, 5.41) is 18.1. The van der Waals surface area contributed by atoms with Crippen molar-refractivity contribution in [2.24, 2.45) is 0 Å². The Morgan fingerprint density at radius 2 is 2.05 bits per heavy atom. The topological polar surface area (TPSA) is 43.7 Å². The molecule has 1 fully saturated rings. The van der Waals surface area contributed by atoms with Crippen LogP contribution in [0, 0.1) is 17.7 Å². The van der Waals surface area contributed by atoms with Crippen molar-refractivity contribution in [1.82, 2.24) is 4.90 Å². The summed E-state index contributed by atoms with van der Waals surface area (Å²) in [7, 11) is 0. The summed E-state index contributed by atoms with van der Waals surface area (Å²) < 4.78 is 14.0. The van der Waals surface area contributed by atoms with Crippen molar-refractivity contribution in [3.8, 4) is 11.8 Å². The lowest BCUT2D eigenvalue weighted by molar-refractivity contribution is 0.0787. The van der Waals surface area contributed by atoms with E-state index in [0.29, 0.717) is 24.1 Å². The third kappa shape index (κ3) is 4.31. The monoisotopic (exact) mass is 277 g/mol. The molecule has 1 heterocycles. The lowest BCUT2D eigenvalue weighted by atomic mass is 10.1. The van der Waals surface area contributed by atoms with Crippen LogP contribution in [0.2, 0.25) is 0 Å². The molecule has 0 saturated carbocycles. The lowest BCUT2D eigenvalue weighted by Gasteiger charge is -2.29. The molecule has 0 aromatic heterocycles. The minimum absolute atomic E-state index is 0.0222. The first-order valence-corrected chi connectivity index (χ1v) is 6.97. The van der Waals surface area contributed by atoms with Gasteiger partial charge in [0.05, 0.1) is 12.7 Å². The Hall–Kier alpha value is -1.41. The first-order valence-electron chi connectivity index (χ1n) is 6.97. The second-order valence-corrected chi connectivity index (χ2v) is 5.09. The summed E-state index contributed by atoms with van der Waals surface area (Å²) in [5.74, 6) is 5.36. The molecule has 0 unspecified atom stereocenters. The molecule has 3 nitrogen and oxygen atoms in total. The number of hydrogen-bond donors (Lipinski definition) is 2. The summed E-state index contributed by atoms with van der Waals surface area (Å²) in [6, 6.07) is 5.02. The van der Waals surface area contributed by atoms with E-state index in [0.717, 1.165) is 25.9 Å². The number of rotatable bonds is 3. The molecule has 0 amide bonds.